The van der Waals surface area contributed by atoms with Crippen LogP contribution in [0, 0.1) is 11.6 Å². The molecule has 104 valence electrons. The fourth-order valence-corrected chi connectivity index (χ4v) is 1.84. The van der Waals surface area contributed by atoms with Crippen LogP contribution in [0.4, 0.5) is 14.5 Å². The molecule has 2 rings (SSSR count). The molecule has 0 radical (unpaired) electrons. The summed E-state index contributed by atoms with van der Waals surface area (Å²) in [6.07, 6.45) is 0.245. The lowest BCUT2D eigenvalue weighted by Crippen LogP contribution is -2.31. The van der Waals surface area contributed by atoms with Gasteiger partial charge in [-0.15, -0.1) is 0 Å². The Morgan fingerprint density at radius 1 is 1.10 bits per heavy atom. The summed E-state index contributed by atoms with van der Waals surface area (Å²) in [5.74, 6) is -3.04. The van der Waals surface area contributed by atoms with E-state index in [1.165, 1.54) is 6.07 Å². The first kappa shape index (κ1) is 14.0. The van der Waals surface area contributed by atoms with E-state index in [0.29, 0.717) is 0 Å². The summed E-state index contributed by atoms with van der Waals surface area (Å²) < 4.78 is 25.9. The zero-order chi connectivity index (χ0) is 14.5. The van der Waals surface area contributed by atoms with E-state index >= 15 is 0 Å². The Labute approximate surface area is 114 Å². The molecule has 0 spiro atoms. The van der Waals surface area contributed by atoms with E-state index in [2.05, 4.69) is 5.32 Å². The predicted molar refractivity (Wildman–Crippen MR) is 71.6 cm³/mol. The van der Waals surface area contributed by atoms with Gasteiger partial charge in [0.15, 0.2) is 11.6 Å². The first-order chi connectivity index (χ1) is 9.56. The summed E-state index contributed by atoms with van der Waals surface area (Å²) in [5.41, 5.74) is 1.07. The summed E-state index contributed by atoms with van der Waals surface area (Å²) >= 11 is 0. The fraction of sp³-hybridized carbons (Fsp3) is 0.133. The molecule has 0 amide bonds. The smallest absolute Gasteiger partial charge is 0.326 e. The average molecular weight is 277 g/mol. The third-order valence-corrected chi connectivity index (χ3v) is 2.84. The number of hydrogen-bond acceptors (Lipinski definition) is 2. The first-order valence-electron chi connectivity index (χ1n) is 6.04. The highest BCUT2D eigenvalue weighted by molar-refractivity contribution is 5.77. The number of rotatable bonds is 5. The van der Waals surface area contributed by atoms with E-state index in [-0.39, 0.29) is 12.1 Å². The fourth-order valence-electron chi connectivity index (χ4n) is 1.84. The number of benzene rings is 2. The van der Waals surface area contributed by atoms with Crippen molar-refractivity contribution in [3.05, 3.63) is 65.7 Å². The van der Waals surface area contributed by atoms with Crippen LogP contribution in [0.2, 0.25) is 0 Å². The van der Waals surface area contributed by atoms with Crippen LogP contribution in [0.15, 0.2) is 48.5 Å². The zero-order valence-corrected chi connectivity index (χ0v) is 10.5. The molecule has 0 aliphatic rings. The molecule has 0 saturated heterocycles. The van der Waals surface area contributed by atoms with Crippen LogP contribution in [0.3, 0.4) is 0 Å². The van der Waals surface area contributed by atoms with E-state index in [0.717, 1.165) is 17.7 Å². The van der Waals surface area contributed by atoms with Crippen molar-refractivity contribution in [2.75, 3.05) is 5.32 Å². The molecule has 0 aromatic heterocycles. The molecule has 20 heavy (non-hydrogen) atoms. The molecule has 2 N–H and O–H groups in total. The maximum atomic E-state index is 13.1. The monoisotopic (exact) mass is 277 g/mol. The van der Waals surface area contributed by atoms with Gasteiger partial charge in [0.25, 0.3) is 0 Å². The first-order valence-corrected chi connectivity index (χ1v) is 6.04. The van der Waals surface area contributed by atoms with E-state index in [4.69, 9.17) is 0 Å². The van der Waals surface area contributed by atoms with Crippen molar-refractivity contribution >= 4 is 11.7 Å². The van der Waals surface area contributed by atoms with Crippen LogP contribution in [0.5, 0.6) is 0 Å². The summed E-state index contributed by atoms with van der Waals surface area (Å²) in [6.45, 7) is 0. The molecule has 0 aliphatic carbocycles. The molecule has 2 aromatic carbocycles. The molecule has 5 heteroatoms. The number of nitrogens with one attached hydrogen (secondary N) is 1. The molecule has 0 aliphatic heterocycles. The molecule has 0 heterocycles. The van der Waals surface area contributed by atoms with Gasteiger partial charge in [-0.25, -0.2) is 13.6 Å². The molecular weight excluding hydrogens is 264 g/mol. The van der Waals surface area contributed by atoms with Crippen LogP contribution in [0.25, 0.3) is 0 Å². The van der Waals surface area contributed by atoms with Gasteiger partial charge in [-0.3, -0.25) is 0 Å². The molecule has 1 unspecified atom stereocenters. The van der Waals surface area contributed by atoms with Crippen molar-refractivity contribution in [3.63, 3.8) is 0 Å². The van der Waals surface area contributed by atoms with Crippen molar-refractivity contribution < 1.29 is 18.7 Å². The van der Waals surface area contributed by atoms with Gasteiger partial charge >= 0.3 is 5.97 Å². The summed E-state index contributed by atoms with van der Waals surface area (Å²) in [7, 11) is 0. The Morgan fingerprint density at radius 2 is 1.80 bits per heavy atom. The largest absolute Gasteiger partial charge is 0.480 e. The normalized spacial score (nSPS) is 11.9. The third-order valence-electron chi connectivity index (χ3n) is 2.84. The molecular formula is C15H13F2NO2. The average Bonchev–Trinajstić information content (AvgIpc) is 2.43. The second kappa shape index (κ2) is 6.14. The van der Waals surface area contributed by atoms with Crippen LogP contribution < -0.4 is 5.32 Å². The zero-order valence-electron chi connectivity index (χ0n) is 10.5. The second-order valence-electron chi connectivity index (χ2n) is 4.35. The number of hydrogen-bond donors (Lipinski definition) is 2. The van der Waals surface area contributed by atoms with Gasteiger partial charge in [0.05, 0.1) is 0 Å². The molecule has 1 atom stereocenters. The Morgan fingerprint density at radius 3 is 2.40 bits per heavy atom. The number of anilines is 1. The Bertz CT molecular complexity index is 602. The lowest BCUT2D eigenvalue weighted by atomic mass is 10.1. The number of halogens is 2. The van der Waals surface area contributed by atoms with Gasteiger partial charge in [-0.1, -0.05) is 30.3 Å². The molecule has 0 saturated carbocycles. The van der Waals surface area contributed by atoms with Crippen LogP contribution >= 0.6 is 0 Å². The maximum absolute atomic E-state index is 13.1. The summed E-state index contributed by atoms with van der Waals surface area (Å²) in [5, 5.41) is 11.9. The minimum absolute atomic E-state index is 0.229. The lowest BCUT2D eigenvalue weighted by molar-refractivity contribution is -0.137. The highest BCUT2D eigenvalue weighted by Crippen LogP contribution is 2.15. The van der Waals surface area contributed by atoms with Gasteiger partial charge < -0.3 is 10.4 Å². The van der Waals surface area contributed by atoms with Crippen molar-refractivity contribution in [2.45, 2.75) is 12.5 Å². The molecule has 3 nitrogen and oxygen atoms in total. The van der Waals surface area contributed by atoms with E-state index in [1.54, 1.807) is 0 Å². The Kier molecular flexibility index (Phi) is 4.30. The lowest BCUT2D eigenvalue weighted by Gasteiger charge is -2.16. The van der Waals surface area contributed by atoms with Crippen molar-refractivity contribution in [2.24, 2.45) is 0 Å². The number of aliphatic carboxylic acids is 1. The minimum atomic E-state index is -1.06. The van der Waals surface area contributed by atoms with Crippen molar-refractivity contribution in [1.82, 2.24) is 0 Å². The predicted octanol–water partition coefficient (Wildman–Crippen LogP) is 3.07. The van der Waals surface area contributed by atoms with E-state index in [1.807, 2.05) is 30.3 Å². The highest BCUT2D eigenvalue weighted by atomic mass is 19.2. The van der Waals surface area contributed by atoms with Crippen LogP contribution in [-0.2, 0) is 11.2 Å². The van der Waals surface area contributed by atoms with Crippen LogP contribution in [0.1, 0.15) is 5.56 Å². The summed E-state index contributed by atoms with van der Waals surface area (Å²) in [6, 6.07) is 11.4. The van der Waals surface area contributed by atoms with E-state index in [9.17, 15) is 18.7 Å². The summed E-state index contributed by atoms with van der Waals surface area (Å²) in [4.78, 5) is 11.2. The SMILES string of the molecule is O=C(O)C(Cc1ccccc1)Nc1ccc(F)c(F)c1. The second-order valence-corrected chi connectivity index (χ2v) is 4.35. The topological polar surface area (TPSA) is 49.3 Å². The van der Waals surface area contributed by atoms with Crippen LogP contribution in [-0.4, -0.2) is 17.1 Å². The van der Waals surface area contributed by atoms with Crippen molar-refractivity contribution in [1.29, 1.82) is 0 Å². The Balaban J connectivity index is 2.13. The third kappa shape index (κ3) is 3.54. The van der Waals surface area contributed by atoms with Gasteiger partial charge in [0.2, 0.25) is 0 Å². The van der Waals surface area contributed by atoms with E-state index < -0.39 is 23.6 Å². The molecule has 0 fully saturated rings. The molecule has 2 aromatic rings. The number of carboxylic acid groups (broad SMARTS) is 1. The number of carbonyl (C=O) groups is 1. The minimum Gasteiger partial charge on any atom is -0.480 e. The van der Waals surface area contributed by atoms with Gasteiger partial charge in [-0.05, 0) is 17.7 Å². The molecule has 0 bridgehead atoms. The maximum Gasteiger partial charge on any atom is 0.326 e. The van der Waals surface area contributed by atoms with Gasteiger partial charge in [-0.2, -0.15) is 0 Å². The highest BCUT2D eigenvalue weighted by Gasteiger charge is 2.18. The quantitative estimate of drug-likeness (QED) is 0.883. The van der Waals surface area contributed by atoms with Crippen molar-refractivity contribution in [3.8, 4) is 0 Å². The Hall–Kier alpha value is -2.43. The van der Waals surface area contributed by atoms with Gasteiger partial charge in [0, 0.05) is 18.2 Å². The number of carboxylic acids is 1. The van der Waals surface area contributed by atoms with Gasteiger partial charge in [0.1, 0.15) is 6.04 Å². The standard InChI is InChI=1S/C15H13F2NO2/c16-12-7-6-11(9-13(12)17)18-14(15(19)20)8-10-4-2-1-3-5-10/h1-7,9,14,18H,8H2,(H,19,20).